The van der Waals surface area contributed by atoms with Crippen LogP contribution in [0.3, 0.4) is 0 Å². The number of nitrogens with two attached hydrogens (primary N) is 1. The predicted molar refractivity (Wildman–Crippen MR) is 94.9 cm³/mol. The average molecular weight is 352 g/mol. The number of hydrogen-bond acceptors (Lipinski definition) is 3. The van der Waals surface area contributed by atoms with E-state index >= 15 is 0 Å². The van der Waals surface area contributed by atoms with Gasteiger partial charge in [-0.25, -0.2) is 0 Å². The van der Waals surface area contributed by atoms with Gasteiger partial charge in [-0.05, 0) is 57.5 Å². The molecule has 1 aliphatic carbocycles. The Morgan fingerprint density at radius 2 is 1.50 bits per heavy atom. The fourth-order valence-corrected chi connectivity index (χ4v) is 4.18. The smallest absolute Gasteiger partial charge is 0.242 e. The standard InChI is InChI=1S/C16H29N3O.2ClH/c17-16(7-1-2-8-16)15(20)19-11-5-14(6-12-19)13-18-9-3-4-10-18;;/h14H,1-13,17H2;2*1H. The molecule has 0 aromatic rings. The second kappa shape index (κ2) is 8.72. The molecule has 6 heteroatoms. The van der Waals surface area contributed by atoms with Crippen molar-refractivity contribution in [1.82, 2.24) is 9.80 Å². The summed E-state index contributed by atoms with van der Waals surface area (Å²) in [4.78, 5) is 17.2. The zero-order valence-corrected chi connectivity index (χ0v) is 15.1. The largest absolute Gasteiger partial charge is 0.341 e. The number of amides is 1. The minimum Gasteiger partial charge on any atom is -0.341 e. The molecule has 2 saturated heterocycles. The van der Waals surface area contributed by atoms with Crippen molar-refractivity contribution in [3.8, 4) is 0 Å². The summed E-state index contributed by atoms with van der Waals surface area (Å²) in [5.41, 5.74) is 5.77. The third-order valence-corrected chi connectivity index (χ3v) is 5.54. The van der Waals surface area contributed by atoms with Crippen molar-refractivity contribution in [1.29, 1.82) is 0 Å². The summed E-state index contributed by atoms with van der Waals surface area (Å²) >= 11 is 0. The molecule has 3 rings (SSSR count). The molecule has 1 amide bonds. The van der Waals surface area contributed by atoms with Crippen molar-refractivity contribution >= 4 is 30.7 Å². The topological polar surface area (TPSA) is 49.6 Å². The Balaban J connectivity index is 0.00000121. The molecule has 0 radical (unpaired) electrons. The lowest BCUT2D eigenvalue weighted by Gasteiger charge is -2.37. The minimum atomic E-state index is -0.526. The Morgan fingerprint density at radius 3 is 2.05 bits per heavy atom. The second-order valence-electron chi connectivity index (χ2n) is 7.11. The van der Waals surface area contributed by atoms with Crippen LogP contribution in [0.25, 0.3) is 0 Å². The van der Waals surface area contributed by atoms with Crippen LogP contribution < -0.4 is 5.73 Å². The van der Waals surface area contributed by atoms with Crippen LogP contribution in [0.5, 0.6) is 0 Å². The molecule has 3 fully saturated rings. The van der Waals surface area contributed by atoms with Crippen LogP contribution in [0.4, 0.5) is 0 Å². The molecule has 0 aromatic carbocycles. The summed E-state index contributed by atoms with van der Waals surface area (Å²) < 4.78 is 0. The van der Waals surface area contributed by atoms with E-state index in [1.165, 1.54) is 45.3 Å². The quantitative estimate of drug-likeness (QED) is 0.849. The highest BCUT2D eigenvalue weighted by Crippen LogP contribution is 2.30. The van der Waals surface area contributed by atoms with Crippen LogP contribution in [0.2, 0.25) is 0 Å². The number of carbonyl (C=O) groups excluding carboxylic acids is 1. The summed E-state index contributed by atoms with van der Waals surface area (Å²) in [7, 11) is 0. The van der Waals surface area contributed by atoms with Crippen molar-refractivity contribution in [2.24, 2.45) is 11.7 Å². The number of likely N-dealkylation sites (tertiary alicyclic amines) is 2. The lowest BCUT2D eigenvalue weighted by molar-refractivity contribution is -0.138. The van der Waals surface area contributed by atoms with Crippen molar-refractivity contribution in [3.05, 3.63) is 0 Å². The monoisotopic (exact) mass is 351 g/mol. The van der Waals surface area contributed by atoms with E-state index in [4.69, 9.17) is 5.73 Å². The second-order valence-corrected chi connectivity index (χ2v) is 7.11. The van der Waals surface area contributed by atoms with Crippen LogP contribution in [0.1, 0.15) is 51.4 Å². The first-order valence-corrected chi connectivity index (χ1v) is 8.48. The molecule has 2 aliphatic heterocycles. The summed E-state index contributed by atoms with van der Waals surface area (Å²) in [5.74, 6) is 1.02. The van der Waals surface area contributed by atoms with Crippen LogP contribution in [0, 0.1) is 5.92 Å². The van der Waals surface area contributed by atoms with Gasteiger partial charge in [-0.3, -0.25) is 4.79 Å². The first kappa shape index (κ1) is 20.0. The Bertz CT molecular complexity index is 347. The van der Waals surface area contributed by atoms with Gasteiger partial charge in [-0.15, -0.1) is 24.8 Å². The predicted octanol–water partition coefficient (Wildman–Crippen LogP) is 2.44. The van der Waals surface area contributed by atoms with Crippen LogP contribution in [0.15, 0.2) is 0 Å². The summed E-state index contributed by atoms with van der Waals surface area (Å²) in [5, 5.41) is 0. The molecule has 130 valence electrons. The van der Waals surface area contributed by atoms with E-state index < -0.39 is 5.54 Å². The molecule has 2 heterocycles. The van der Waals surface area contributed by atoms with Crippen LogP contribution in [-0.2, 0) is 4.79 Å². The maximum atomic E-state index is 12.6. The first-order valence-electron chi connectivity index (χ1n) is 8.48. The molecule has 22 heavy (non-hydrogen) atoms. The van der Waals surface area contributed by atoms with Gasteiger partial charge in [0.1, 0.15) is 0 Å². The number of halogens is 2. The molecular formula is C16H31Cl2N3O. The third-order valence-electron chi connectivity index (χ3n) is 5.54. The fourth-order valence-electron chi connectivity index (χ4n) is 4.18. The molecule has 0 aromatic heterocycles. The summed E-state index contributed by atoms with van der Waals surface area (Å²) in [6, 6.07) is 0. The first-order chi connectivity index (χ1) is 9.67. The molecule has 4 nitrogen and oxygen atoms in total. The van der Waals surface area contributed by atoms with Crippen LogP contribution in [-0.4, -0.2) is 54.0 Å². The van der Waals surface area contributed by atoms with Gasteiger partial charge >= 0.3 is 0 Å². The number of hydrogen-bond donors (Lipinski definition) is 1. The van der Waals surface area contributed by atoms with Crippen LogP contribution >= 0.6 is 24.8 Å². The SMILES string of the molecule is Cl.Cl.NC1(C(=O)N2CCC(CN3CCCC3)CC2)CCCC1. The van der Waals surface area contributed by atoms with E-state index in [9.17, 15) is 4.79 Å². The molecule has 0 bridgehead atoms. The summed E-state index contributed by atoms with van der Waals surface area (Å²) in [6.07, 6.45) is 9.08. The lowest BCUT2D eigenvalue weighted by atomic mass is 9.92. The average Bonchev–Trinajstić information content (AvgIpc) is 3.11. The Hall–Kier alpha value is -0.0300. The zero-order chi connectivity index (χ0) is 14.0. The van der Waals surface area contributed by atoms with E-state index in [0.717, 1.165) is 44.7 Å². The fraction of sp³-hybridized carbons (Fsp3) is 0.938. The molecule has 0 atom stereocenters. The Kier molecular flexibility index (Phi) is 7.93. The highest BCUT2D eigenvalue weighted by molar-refractivity contribution is 5.86. The third kappa shape index (κ3) is 4.50. The van der Waals surface area contributed by atoms with Gasteiger partial charge in [0.2, 0.25) is 5.91 Å². The molecular weight excluding hydrogens is 321 g/mol. The number of rotatable bonds is 3. The van der Waals surface area contributed by atoms with Crippen molar-refractivity contribution in [2.75, 3.05) is 32.7 Å². The minimum absolute atomic E-state index is 0. The van der Waals surface area contributed by atoms with E-state index in [1.807, 2.05) is 4.90 Å². The molecule has 0 spiro atoms. The van der Waals surface area contributed by atoms with Gasteiger partial charge in [-0.1, -0.05) is 12.8 Å². The highest BCUT2D eigenvalue weighted by atomic mass is 35.5. The van der Waals surface area contributed by atoms with Gasteiger partial charge in [-0.2, -0.15) is 0 Å². The Labute approximate surface area is 147 Å². The Morgan fingerprint density at radius 1 is 0.955 bits per heavy atom. The normalized spacial score (nSPS) is 25.6. The molecule has 1 saturated carbocycles. The highest BCUT2D eigenvalue weighted by Gasteiger charge is 2.40. The molecule has 0 unspecified atom stereocenters. The summed E-state index contributed by atoms with van der Waals surface area (Å²) in [6.45, 7) is 5.67. The number of piperidine rings is 1. The number of nitrogens with zero attached hydrogens (tertiary/aromatic N) is 2. The maximum absolute atomic E-state index is 12.6. The zero-order valence-electron chi connectivity index (χ0n) is 13.5. The van der Waals surface area contributed by atoms with E-state index in [2.05, 4.69) is 4.90 Å². The van der Waals surface area contributed by atoms with E-state index in [0.29, 0.717) is 0 Å². The van der Waals surface area contributed by atoms with E-state index in [1.54, 1.807) is 0 Å². The van der Waals surface area contributed by atoms with Crippen molar-refractivity contribution in [3.63, 3.8) is 0 Å². The van der Waals surface area contributed by atoms with Gasteiger partial charge in [0.15, 0.2) is 0 Å². The van der Waals surface area contributed by atoms with E-state index in [-0.39, 0.29) is 30.7 Å². The van der Waals surface area contributed by atoms with Gasteiger partial charge in [0, 0.05) is 19.6 Å². The van der Waals surface area contributed by atoms with Gasteiger partial charge in [0.05, 0.1) is 5.54 Å². The van der Waals surface area contributed by atoms with Crippen molar-refractivity contribution < 1.29 is 4.79 Å². The number of carbonyl (C=O) groups is 1. The lowest BCUT2D eigenvalue weighted by Crippen LogP contribution is -2.55. The van der Waals surface area contributed by atoms with Gasteiger partial charge < -0.3 is 15.5 Å². The maximum Gasteiger partial charge on any atom is 0.242 e. The molecule has 2 N–H and O–H groups in total. The van der Waals surface area contributed by atoms with Gasteiger partial charge in [0.25, 0.3) is 0 Å². The van der Waals surface area contributed by atoms with Crippen molar-refractivity contribution in [2.45, 2.75) is 56.9 Å². The molecule has 3 aliphatic rings.